The molecule has 1 rings (SSSR count). The van der Waals surface area contributed by atoms with Gasteiger partial charge in [-0.25, -0.2) is 4.79 Å². The summed E-state index contributed by atoms with van der Waals surface area (Å²) in [5, 5.41) is 0. The highest BCUT2D eigenvalue weighted by Gasteiger charge is 2.07. The van der Waals surface area contributed by atoms with Crippen molar-refractivity contribution in [2.45, 2.75) is 27.7 Å². The molecule has 0 unspecified atom stereocenters. The van der Waals surface area contributed by atoms with Gasteiger partial charge in [0.2, 0.25) is 0 Å². The highest BCUT2D eigenvalue weighted by Crippen LogP contribution is 2.18. The van der Waals surface area contributed by atoms with Crippen molar-refractivity contribution in [3.05, 3.63) is 29.3 Å². The molecule has 0 spiro atoms. The minimum absolute atomic E-state index is 0.293. The quantitative estimate of drug-likeness (QED) is 0.739. The van der Waals surface area contributed by atoms with Crippen molar-refractivity contribution in [3.63, 3.8) is 0 Å². The van der Waals surface area contributed by atoms with Crippen LogP contribution in [0.1, 0.15) is 36.7 Å². The molecule has 16 heavy (non-hydrogen) atoms. The van der Waals surface area contributed by atoms with E-state index in [1.54, 1.807) is 32.2 Å². The monoisotopic (exact) mass is 224 g/mol. The molecule has 0 atom stereocenters. The van der Waals surface area contributed by atoms with Gasteiger partial charge in [-0.05, 0) is 37.6 Å². The van der Waals surface area contributed by atoms with E-state index in [0.29, 0.717) is 12.2 Å². The van der Waals surface area contributed by atoms with Gasteiger partial charge >= 0.3 is 5.97 Å². The van der Waals surface area contributed by atoms with Crippen LogP contribution in [0.5, 0.6) is 5.75 Å². The van der Waals surface area contributed by atoms with E-state index in [1.807, 2.05) is 20.8 Å². The van der Waals surface area contributed by atoms with Gasteiger partial charge < -0.3 is 9.47 Å². The molecule has 3 heteroatoms. The lowest BCUT2D eigenvalue weighted by Crippen LogP contribution is -2.04. The molecule has 1 aromatic rings. The number of benzene rings is 1. The van der Waals surface area contributed by atoms with Crippen LogP contribution in [0.3, 0.4) is 0 Å². The van der Waals surface area contributed by atoms with Crippen LogP contribution in [0.15, 0.2) is 18.2 Å². The Hall–Kier alpha value is -1.51. The van der Waals surface area contributed by atoms with Crippen molar-refractivity contribution >= 4 is 5.97 Å². The Morgan fingerprint density at radius 3 is 2.38 bits per heavy atom. The van der Waals surface area contributed by atoms with Crippen LogP contribution in [0.2, 0.25) is 0 Å². The molecule has 0 N–H and O–H groups in total. The molecule has 0 fully saturated rings. The molecule has 0 aliphatic heterocycles. The summed E-state index contributed by atoms with van der Waals surface area (Å²) < 4.78 is 9.96. The summed E-state index contributed by atoms with van der Waals surface area (Å²) in [6.07, 6.45) is 0. The van der Waals surface area contributed by atoms with Gasteiger partial charge in [-0.1, -0.05) is 13.8 Å². The molecule has 0 heterocycles. The summed E-state index contributed by atoms with van der Waals surface area (Å²) in [6.45, 7) is 8.07. The second-order valence-electron chi connectivity index (χ2n) is 2.90. The molecule has 3 nitrogen and oxygen atoms in total. The summed E-state index contributed by atoms with van der Waals surface area (Å²) in [7, 11) is 1.60. The molecule has 0 aliphatic carbocycles. The van der Waals surface area contributed by atoms with Gasteiger partial charge in [0.15, 0.2) is 0 Å². The van der Waals surface area contributed by atoms with Gasteiger partial charge in [0.25, 0.3) is 0 Å². The highest BCUT2D eigenvalue weighted by atomic mass is 16.5. The number of esters is 1. The molecule has 0 aliphatic rings. The summed E-state index contributed by atoms with van der Waals surface area (Å²) in [4.78, 5) is 11.3. The average Bonchev–Trinajstić information content (AvgIpc) is 2.32. The zero-order valence-electron chi connectivity index (χ0n) is 10.7. The van der Waals surface area contributed by atoms with Crippen molar-refractivity contribution in [1.29, 1.82) is 0 Å². The van der Waals surface area contributed by atoms with E-state index >= 15 is 0 Å². The van der Waals surface area contributed by atoms with Crippen LogP contribution in [-0.4, -0.2) is 19.7 Å². The number of hydrogen-bond acceptors (Lipinski definition) is 3. The zero-order valence-corrected chi connectivity index (χ0v) is 10.7. The van der Waals surface area contributed by atoms with Crippen LogP contribution >= 0.6 is 0 Å². The average molecular weight is 224 g/mol. The standard InChI is InChI=1S/C11H14O3.C2H6/c1-4-14-11(12)9-5-6-10(13-3)8(2)7-9;1-2/h5-7H,4H2,1-3H3;1-2H3. The number of rotatable bonds is 3. The number of carbonyl (C=O) groups is 1. The van der Waals surface area contributed by atoms with E-state index in [4.69, 9.17) is 9.47 Å². The number of carbonyl (C=O) groups excluding carboxylic acids is 1. The van der Waals surface area contributed by atoms with Gasteiger partial charge in [0, 0.05) is 0 Å². The third-order valence-corrected chi connectivity index (χ3v) is 1.91. The first kappa shape index (κ1) is 14.5. The Bertz CT molecular complexity index is 332. The maximum Gasteiger partial charge on any atom is 0.338 e. The van der Waals surface area contributed by atoms with E-state index in [1.165, 1.54) is 0 Å². The lowest BCUT2D eigenvalue weighted by Gasteiger charge is -2.06. The number of ether oxygens (including phenoxy) is 2. The predicted molar refractivity (Wildman–Crippen MR) is 65.0 cm³/mol. The Balaban J connectivity index is 0.00000106. The Labute approximate surface area is 97.4 Å². The molecule has 0 saturated heterocycles. The largest absolute Gasteiger partial charge is 0.496 e. The van der Waals surface area contributed by atoms with E-state index in [9.17, 15) is 4.79 Å². The van der Waals surface area contributed by atoms with E-state index in [-0.39, 0.29) is 5.97 Å². The van der Waals surface area contributed by atoms with Crippen LogP contribution in [0.25, 0.3) is 0 Å². The van der Waals surface area contributed by atoms with Gasteiger partial charge in [0.1, 0.15) is 5.75 Å². The van der Waals surface area contributed by atoms with Crippen molar-refractivity contribution in [1.82, 2.24) is 0 Å². The highest BCUT2D eigenvalue weighted by molar-refractivity contribution is 5.89. The first-order valence-electron chi connectivity index (χ1n) is 5.50. The SMILES string of the molecule is CC.CCOC(=O)c1ccc(OC)c(C)c1. The summed E-state index contributed by atoms with van der Waals surface area (Å²) >= 11 is 0. The van der Waals surface area contributed by atoms with Gasteiger partial charge in [-0.15, -0.1) is 0 Å². The molecule has 0 amide bonds. The van der Waals surface area contributed by atoms with Crippen molar-refractivity contribution in [2.24, 2.45) is 0 Å². The third-order valence-electron chi connectivity index (χ3n) is 1.91. The second-order valence-corrected chi connectivity index (χ2v) is 2.90. The molecule has 1 aromatic carbocycles. The topological polar surface area (TPSA) is 35.5 Å². The third kappa shape index (κ3) is 3.93. The summed E-state index contributed by atoms with van der Waals surface area (Å²) in [6, 6.07) is 5.22. The maximum atomic E-state index is 11.3. The number of methoxy groups -OCH3 is 1. The number of hydrogen-bond donors (Lipinski definition) is 0. The Kier molecular flexibility index (Phi) is 7.01. The molecule has 90 valence electrons. The fourth-order valence-corrected chi connectivity index (χ4v) is 1.22. The Morgan fingerprint density at radius 2 is 1.94 bits per heavy atom. The van der Waals surface area contributed by atoms with Gasteiger partial charge in [0.05, 0.1) is 19.3 Å². The van der Waals surface area contributed by atoms with Crippen LogP contribution in [0, 0.1) is 6.92 Å². The molecule has 0 bridgehead atoms. The van der Waals surface area contributed by atoms with E-state index in [2.05, 4.69) is 0 Å². The maximum absolute atomic E-state index is 11.3. The lowest BCUT2D eigenvalue weighted by molar-refractivity contribution is 0.0526. The predicted octanol–water partition coefficient (Wildman–Crippen LogP) is 3.21. The van der Waals surface area contributed by atoms with Crippen molar-refractivity contribution in [2.75, 3.05) is 13.7 Å². The minimum atomic E-state index is -0.293. The summed E-state index contributed by atoms with van der Waals surface area (Å²) in [5.41, 5.74) is 1.49. The van der Waals surface area contributed by atoms with Gasteiger partial charge in [-0.3, -0.25) is 0 Å². The van der Waals surface area contributed by atoms with Gasteiger partial charge in [-0.2, -0.15) is 0 Å². The van der Waals surface area contributed by atoms with E-state index in [0.717, 1.165) is 11.3 Å². The second kappa shape index (κ2) is 7.74. The summed E-state index contributed by atoms with van der Waals surface area (Å²) in [5.74, 6) is 0.483. The minimum Gasteiger partial charge on any atom is -0.496 e. The molecular formula is C13H20O3. The molecule has 0 radical (unpaired) electrons. The fourth-order valence-electron chi connectivity index (χ4n) is 1.22. The van der Waals surface area contributed by atoms with Crippen LogP contribution in [0.4, 0.5) is 0 Å². The van der Waals surface area contributed by atoms with Crippen LogP contribution in [-0.2, 0) is 4.74 Å². The van der Waals surface area contributed by atoms with E-state index < -0.39 is 0 Å². The Morgan fingerprint density at radius 1 is 1.31 bits per heavy atom. The first-order chi connectivity index (χ1) is 7.69. The zero-order chi connectivity index (χ0) is 12.6. The molecular weight excluding hydrogens is 204 g/mol. The normalized spacial score (nSPS) is 8.81. The lowest BCUT2D eigenvalue weighted by atomic mass is 10.1. The van der Waals surface area contributed by atoms with Crippen molar-refractivity contribution < 1.29 is 14.3 Å². The number of aryl methyl sites for hydroxylation is 1. The fraction of sp³-hybridized carbons (Fsp3) is 0.462. The smallest absolute Gasteiger partial charge is 0.338 e. The van der Waals surface area contributed by atoms with Crippen molar-refractivity contribution in [3.8, 4) is 5.75 Å². The first-order valence-corrected chi connectivity index (χ1v) is 5.50. The van der Waals surface area contributed by atoms with Crippen LogP contribution < -0.4 is 4.74 Å². The molecule has 0 aromatic heterocycles. The molecule has 0 saturated carbocycles.